The molecule has 2 amide bonds. The Morgan fingerprint density at radius 3 is 2.43 bits per heavy atom. The average Bonchev–Trinajstić information content (AvgIpc) is 2.77. The molecule has 0 aromatic heterocycles. The van der Waals surface area contributed by atoms with Crippen LogP contribution in [0.15, 0.2) is 54.6 Å². The van der Waals surface area contributed by atoms with Gasteiger partial charge in [-0.3, -0.25) is 4.90 Å². The standard InChI is InChI=1S/C25H35N3O2/c1-20(2)17-23(28-13-15-30-16-14-28)18-26-25(29)27(3)19-22-11-7-8-12-24(22)21-9-5-4-6-10-21/h4-12,20,23H,13-19H2,1-3H3,(H,26,29). The fraction of sp³-hybridized carbons (Fsp3) is 0.480. The van der Waals surface area contributed by atoms with Gasteiger partial charge in [-0.2, -0.15) is 0 Å². The van der Waals surface area contributed by atoms with Crippen LogP contribution < -0.4 is 5.32 Å². The lowest BCUT2D eigenvalue weighted by Gasteiger charge is -2.35. The highest BCUT2D eigenvalue weighted by atomic mass is 16.5. The summed E-state index contributed by atoms with van der Waals surface area (Å²) in [6.45, 7) is 9.15. The molecule has 2 aromatic rings. The first-order valence-electron chi connectivity index (χ1n) is 11.0. The second-order valence-corrected chi connectivity index (χ2v) is 8.50. The molecule has 1 aliphatic rings. The Labute approximate surface area is 181 Å². The Bertz CT molecular complexity index is 788. The lowest BCUT2D eigenvalue weighted by Crippen LogP contribution is -2.50. The van der Waals surface area contributed by atoms with E-state index in [9.17, 15) is 4.79 Å². The van der Waals surface area contributed by atoms with Crippen molar-refractivity contribution >= 4 is 6.03 Å². The summed E-state index contributed by atoms with van der Waals surface area (Å²) in [5, 5.41) is 3.17. The van der Waals surface area contributed by atoms with E-state index in [2.05, 4.69) is 48.3 Å². The molecule has 1 N–H and O–H groups in total. The number of rotatable bonds is 8. The molecule has 1 unspecified atom stereocenters. The van der Waals surface area contributed by atoms with Crippen LogP contribution in [0.3, 0.4) is 0 Å². The Morgan fingerprint density at radius 2 is 1.73 bits per heavy atom. The van der Waals surface area contributed by atoms with E-state index >= 15 is 0 Å². The number of urea groups is 1. The van der Waals surface area contributed by atoms with Gasteiger partial charge in [0.2, 0.25) is 0 Å². The summed E-state index contributed by atoms with van der Waals surface area (Å²) in [5.41, 5.74) is 3.49. The van der Waals surface area contributed by atoms with Gasteiger partial charge < -0.3 is 15.0 Å². The maximum absolute atomic E-state index is 12.8. The second-order valence-electron chi connectivity index (χ2n) is 8.50. The molecule has 3 rings (SSSR count). The maximum atomic E-state index is 12.8. The molecule has 0 spiro atoms. The van der Waals surface area contributed by atoms with Crippen LogP contribution in [0.5, 0.6) is 0 Å². The predicted molar refractivity (Wildman–Crippen MR) is 122 cm³/mol. The first kappa shape index (κ1) is 22.3. The molecule has 0 bridgehead atoms. The fourth-order valence-corrected chi connectivity index (χ4v) is 4.07. The van der Waals surface area contributed by atoms with E-state index in [0.717, 1.165) is 38.3 Å². The molecule has 1 heterocycles. The van der Waals surface area contributed by atoms with E-state index in [1.165, 1.54) is 11.1 Å². The molecule has 162 valence electrons. The van der Waals surface area contributed by atoms with E-state index in [1.807, 2.05) is 37.4 Å². The number of ether oxygens (including phenoxy) is 1. The molecule has 1 fully saturated rings. The van der Waals surface area contributed by atoms with Crippen molar-refractivity contribution in [1.82, 2.24) is 15.1 Å². The zero-order valence-electron chi connectivity index (χ0n) is 18.5. The Hall–Kier alpha value is -2.37. The van der Waals surface area contributed by atoms with E-state index in [1.54, 1.807) is 4.90 Å². The smallest absolute Gasteiger partial charge is 0.317 e. The average molecular weight is 410 g/mol. The minimum atomic E-state index is -0.0279. The molecule has 0 radical (unpaired) electrons. The van der Waals surface area contributed by atoms with Gasteiger partial charge in [0, 0.05) is 39.3 Å². The van der Waals surface area contributed by atoms with Gasteiger partial charge in [-0.15, -0.1) is 0 Å². The number of morpholine rings is 1. The molecule has 2 aromatic carbocycles. The minimum absolute atomic E-state index is 0.0279. The SMILES string of the molecule is CC(C)CC(CNC(=O)N(C)Cc1ccccc1-c1ccccc1)N1CCOCC1. The molecule has 1 saturated heterocycles. The van der Waals surface area contributed by atoms with Gasteiger partial charge in [-0.1, -0.05) is 68.4 Å². The van der Waals surface area contributed by atoms with Gasteiger partial charge in [0.15, 0.2) is 0 Å². The summed E-state index contributed by atoms with van der Waals surface area (Å²) in [6, 6.07) is 18.9. The van der Waals surface area contributed by atoms with Crippen LogP contribution in [-0.2, 0) is 11.3 Å². The monoisotopic (exact) mass is 409 g/mol. The normalized spacial score (nSPS) is 15.7. The van der Waals surface area contributed by atoms with Crippen molar-refractivity contribution in [2.75, 3.05) is 39.9 Å². The van der Waals surface area contributed by atoms with Crippen molar-refractivity contribution in [3.8, 4) is 11.1 Å². The summed E-state index contributed by atoms with van der Waals surface area (Å²) >= 11 is 0. The number of benzene rings is 2. The number of hydrogen-bond acceptors (Lipinski definition) is 3. The highest BCUT2D eigenvalue weighted by molar-refractivity contribution is 5.75. The fourth-order valence-electron chi connectivity index (χ4n) is 4.07. The van der Waals surface area contributed by atoms with E-state index in [-0.39, 0.29) is 6.03 Å². The van der Waals surface area contributed by atoms with Crippen molar-refractivity contribution in [2.45, 2.75) is 32.9 Å². The third kappa shape index (κ3) is 6.31. The molecular weight excluding hydrogens is 374 g/mol. The van der Waals surface area contributed by atoms with Gasteiger partial charge in [-0.25, -0.2) is 4.79 Å². The lowest BCUT2D eigenvalue weighted by molar-refractivity contribution is 0.0127. The van der Waals surface area contributed by atoms with Gasteiger partial charge >= 0.3 is 6.03 Å². The largest absolute Gasteiger partial charge is 0.379 e. The van der Waals surface area contributed by atoms with Gasteiger partial charge in [0.1, 0.15) is 0 Å². The molecular formula is C25H35N3O2. The molecule has 5 nitrogen and oxygen atoms in total. The van der Waals surface area contributed by atoms with Crippen LogP contribution in [0.4, 0.5) is 4.79 Å². The van der Waals surface area contributed by atoms with Gasteiger partial charge in [-0.05, 0) is 29.0 Å². The molecule has 30 heavy (non-hydrogen) atoms. The predicted octanol–water partition coefficient (Wildman–Crippen LogP) is 4.24. The van der Waals surface area contributed by atoms with Crippen LogP contribution in [0.25, 0.3) is 11.1 Å². The highest BCUT2D eigenvalue weighted by Gasteiger charge is 2.23. The van der Waals surface area contributed by atoms with Gasteiger partial charge in [0.25, 0.3) is 0 Å². The van der Waals surface area contributed by atoms with E-state index in [4.69, 9.17) is 4.74 Å². The molecule has 0 aliphatic carbocycles. The van der Waals surface area contributed by atoms with Crippen molar-refractivity contribution in [1.29, 1.82) is 0 Å². The number of carbonyl (C=O) groups excluding carboxylic acids is 1. The number of hydrogen-bond donors (Lipinski definition) is 1. The molecule has 1 atom stereocenters. The number of amides is 2. The van der Waals surface area contributed by atoms with Crippen molar-refractivity contribution in [2.24, 2.45) is 5.92 Å². The van der Waals surface area contributed by atoms with Gasteiger partial charge in [0.05, 0.1) is 13.2 Å². The van der Waals surface area contributed by atoms with E-state index < -0.39 is 0 Å². The summed E-state index contributed by atoms with van der Waals surface area (Å²) in [5.74, 6) is 0.588. The van der Waals surface area contributed by atoms with Crippen molar-refractivity contribution < 1.29 is 9.53 Å². The Kier molecular flexibility index (Phi) is 8.29. The number of nitrogens with one attached hydrogen (secondary N) is 1. The van der Waals surface area contributed by atoms with Crippen LogP contribution in [0, 0.1) is 5.92 Å². The summed E-state index contributed by atoms with van der Waals surface area (Å²) in [4.78, 5) is 17.1. The first-order valence-corrected chi connectivity index (χ1v) is 11.0. The van der Waals surface area contributed by atoms with Crippen molar-refractivity contribution in [3.63, 3.8) is 0 Å². The maximum Gasteiger partial charge on any atom is 0.317 e. The number of carbonyl (C=O) groups is 1. The Morgan fingerprint density at radius 1 is 1.07 bits per heavy atom. The third-order valence-electron chi connectivity index (χ3n) is 5.65. The van der Waals surface area contributed by atoms with Crippen LogP contribution in [-0.4, -0.2) is 61.8 Å². The lowest BCUT2D eigenvalue weighted by atomic mass is 9.99. The van der Waals surface area contributed by atoms with Crippen LogP contribution in [0.2, 0.25) is 0 Å². The third-order valence-corrected chi connectivity index (χ3v) is 5.65. The zero-order chi connectivity index (χ0) is 21.3. The topological polar surface area (TPSA) is 44.8 Å². The number of nitrogens with zero attached hydrogens (tertiary/aromatic N) is 2. The van der Waals surface area contributed by atoms with Crippen LogP contribution >= 0.6 is 0 Å². The highest BCUT2D eigenvalue weighted by Crippen LogP contribution is 2.24. The minimum Gasteiger partial charge on any atom is -0.379 e. The summed E-state index contributed by atoms with van der Waals surface area (Å²) in [6.07, 6.45) is 1.07. The quantitative estimate of drug-likeness (QED) is 0.709. The Balaban J connectivity index is 1.60. The first-order chi connectivity index (χ1) is 14.5. The summed E-state index contributed by atoms with van der Waals surface area (Å²) < 4.78 is 5.50. The zero-order valence-corrected chi connectivity index (χ0v) is 18.5. The molecule has 1 aliphatic heterocycles. The molecule has 0 saturated carbocycles. The summed E-state index contributed by atoms with van der Waals surface area (Å²) in [7, 11) is 1.86. The molecule has 5 heteroatoms. The van der Waals surface area contributed by atoms with E-state index in [0.29, 0.717) is 25.0 Å². The van der Waals surface area contributed by atoms with Crippen molar-refractivity contribution in [3.05, 3.63) is 60.2 Å². The second kappa shape index (κ2) is 11.1. The van der Waals surface area contributed by atoms with Crippen LogP contribution in [0.1, 0.15) is 25.8 Å².